The fraction of sp³-hybridized carbons (Fsp3) is 0.784. The van der Waals surface area contributed by atoms with Crippen LogP contribution in [0.3, 0.4) is 0 Å². The van der Waals surface area contributed by atoms with E-state index >= 15 is 0 Å². The topological polar surface area (TPSA) is 156 Å². The highest BCUT2D eigenvalue weighted by atomic mass is 16.6. The largest absolute Gasteiger partial charge is 0.483 e. The van der Waals surface area contributed by atoms with Crippen molar-refractivity contribution in [2.45, 2.75) is 128 Å². The Bertz CT molecular complexity index is 1190. The highest BCUT2D eigenvalue weighted by Crippen LogP contribution is 2.39. The van der Waals surface area contributed by atoms with Gasteiger partial charge in [0.25, 0.3) is 0 Å². The van der Waals surface area contributed by atoms with E-state index in [0.717, 1.165) is 43.1 Å². The predicted octanol–water partition coefficient (Wildman–Crippen LogP) is 3.38. The van der Waals surface area contributed by atoms with E-state index in [1.165, 1.54) is 0 Å². The molecule has 0 spiro atoms. The molecule has 1 amide bonds. The Morgan fingerprint density at radius 2 is 1.88 bits per heavy atom. The van der Waals surface area contributed by atoms with Crippen molar-refractivity contribution in [3.8, 4) is 0 Å². The molecule has 3 aliphatic rings. The summed E-state index contributed by atoms with van der Waals surface area (Å²) in [5.74, 6) is -0.138. The number of cyclic esters (lactones) is 1. The van der Waals surface area contributed by atoms with Crippen LogP contribution >= 0.6 is 0 Å². The summed E-state index contributed by atoms with van der Waals surface area (Å²) in [6.45, 7) is 15.3. The molecule has 0 aromatic heterocycles. The fourth-order valence-corrected chi connectivity index (χ4v) is 6.43. The summed E-state index contributed by atoms with van der Waals surface area (Å²) in [7, 11) is 4.07. The Morgan fingerprint density at radius 3 is 2.51 bits per heavy atom. The van der Waals surface area contributed by atoms with Crippen LogP contribution in [-0.4, -0.2) is 142 Å². The first-order chi connectivity index (χ1) is 22.9. The van der Waals surface area contributed by atoms with Crippen molar-refractivity contribution in [1.29, 1.82) is 0 Å². The number of carbonyl (C=O) groups excluding carboxylic acids is 2. The number of esters is 1. The number of carbonyl (C=O) groups is 2. The van der Waals surface area contributed by atoms with Crippen molar-refractivity contribution in [2.75, 3.05) is 53.4 Å². The zero-order valence-corrected chi connectivity index (χ0v) is 31.1. The second-order valence-electron chi connectivity index (χ2n) is 15.1. The highest BCUT2D eigenvalue weighted by molar-refractivity contribution is 5.70. The van der Waals surface area contributed by atoms with E-state index in [0.29, 0.717) is 38.8 Å². The quantitative estimate of drug-likeness (QED) is 0.135. The normalized spacial score (nSPS) is 32.6. The molecular weight excluding hydrogens is 630 g/mol. The number of ether oxygens (including phenoxy) is 3. The summed E-state index contributed by atoms with van der Waals surface area (Å²) in [5.41, 5.74) is -0.905. The molecule has 0 bridgehead atoms. The van der Waals surface area contributed by atoms with E-state index in [1.54, 1.807) is 30.9 Å². The van der Waals surface area contributed by atoms with Crippen LogP contribution in [-0.2, 0) is 19.0 Å². The van der Waals surface area contributed by atoms with Gasteiger partial charge in [0.1, 0.15) is 17.5 Å². The maximum atomic E-state index is 13.3. The molecule has 280 valence electrons. The number of rotatable bonds is 12. The number of nitrogens with zero attached hydrogens (tertiary/aromatic N) is 3. The van der Waals surface area contributed by atoms with Crippen LogP contribution in [0.4, 0.5) is 4.79 Å². The summed E-state index contributed by atoms with van der Waals surface area (Å²) in [6, 6.07) is 0. The summed E-state index contributed by atoms with van der Waals surface area (Å²) in [5, 5.41) is 43.3. The minimum absolute atomic E-state index is 0.112. The maximum Gasteiger partial charge on any atom is 0.410 e. The van der Waals surface area contributed by atoms with Gasteiger partial charge in [0.15, 0.2) is 12.2 Å². The number of piperazine rings is 1. The number of epoxide rings is 1. The molecule has 3 aliphatic heterocycles. The molecule has 0 aromatic carbocycles. The van der Waals surface area contributed by atoms with E-state index in [4.69, 9.17) is 14.2 Å². The lowest BCUT2D eigenvalue weighted by Crippen LogP contribution is -2.52. The Balaban J connectivity index is 1.69. The van der Waals surface area contributed by atoms with E-state index in [2.05, 4.69) is 9.80 Å². The van der Waals surface area contributed by atoms with Gasteiger partial charge in [-0.3, -0.25) is 9.69 Å². The second kappa shape index (κ2) is 18.1. The van der Waals surface area contributed by atoms with Crippen LogP contribution in [0, 0.1) is 5.92 Å². The molecule has 2 saturated heterocycles. The van der Waals surface area contributed by atoms with Gasteiger partial charge in [-0.05, 0) is 91.1 Å². The molecule has 4 N–H and O–H groups in total. The van der Waals surface area contributed by atoms with E-state index in [1.807, 2.05) is 47.9 Å². The molecule has 12 nitrogen and oxygen atoms in total. The lowest BCUT2D eigenvalue weighted by atomic mass is 9.88. The lowest BCUT2D eigenvalue weighted by Gasteiger charge is -2.37. The van der Waals surface area contributed by atoms with E-state index < -0.39 is 47.7 Å². The van der Waals surface area contributed by atoms with Crippen LogP contribution in [0.25, 0.3) is 0 Å². The zero-order chi connectivity index (χ0) is 36.5. The molecule has 0 saturated carbocycles. The number of hydrogen-bond donors (Lipinski definition) is 4. The van der Waals surface area contributed by atoms with Crippen molar-refractivity contribution in [1.82, 2.24) is 14.7 Å². The van der Waals surface area contributed by atoms with Crippen LogP contribution < -0.4 is 0 Å². The van der Waals surface area contributed by atoms with Crippen LogP contribution in [0.15, 0.2) is 35.1 Å². The molecule has 2 fully saturated rings. The van der Waals surface area contributed by atoms with Crippen LogP contribution in [0.1, 0.15) is 86.5 Å². The number of hydrogen-bond acceptors (Lipinski definition) is 11. The molecule has 0 aromatic rings. The molecule has 0 aliphatic carbocycles. The van der Waals surface area contributed by atoms with Crippen molar-refractivity contribution < 1.29 is 44.2 Å². The number of likely N-dealkylation sites (N-methyl/N-ethyl adjacent to an activating group) is 1. The molecule has 8 unspecified atom stereocenters. The number of amides is 1. The van der Waals surface area contributed by atoms with Gasteiger partial charge in [-0.1, -0.05) is 26.0 Å². The average molecular weight is 694 g/mol. The monoisotopic (exact) mass is 693 g/mol. The molecule has 49 heavy (non-hydrogen) atoms. The molecule has 3 rings (SSSR count). The molecule has 12 heteroatoms. The minimum Gasteiger partial charge on any atom is -0.483 e. The standard InChI is InChI=1S/C37H63N3O9/c1-9-29(42)27(4)34-30(47-34)24-36(5,45)15-10-11-25(2)33-26(3)12-13-31(37(6,46)16-14-28(41)23-32(43)49-33)48-35(44)40-21-19-39(20-22-40)18-17-38(7)8/h11-13,26,28-31,33,41-42,45-46H,9-10,14-24H2,1-8H3/b13-12+,25-11+,34-27?. The Kier molecular flexibility index (Phi) is 15.2. The number of allylic oxidation sites excluding steroid dienone is 1. The zero-order valence-electron chi connectivity index (χ0n) is 31.1. The fourth-order valence-electron chi connectivity index (χ4n) is 6.43. The van der Waals surface area contributed by atoms with Crippen molar-refractivity contribution >= 4 is 12.1 Å². The van der Waals surface area contributed by atoms with Gasteiger partial charge in [-0.25, -0.2) is 4.79 Å². The molecular formula is C37H63N3O9. The average Bonchev–Trinajstić information content (AvgIpc) is 3.80. The summed E-state index contributed by atoms with van der Waals surface area (Å²) in [4.78, 5) is 32.3. The van der Waals surface area contributed by atoms with Gasteiger partial charge < -0.3 is 44.4 Å². The third kappa shape index (κ3) is 13.0. The summed E-state index contributed by atoms with van der Waals surface area (Å²) < 4.78 is 17.5. The van der Waals surface area contributed by atoms with Crippen LogP contribution in [0.2, 0.25) is 0 Å². The van der Waals surface area contributed by atoms with Crippen molar-refractivity contribution in [3.05, 3.63) is 35.1 Å². The van der Waals surface area contributed by atoms with Gasteiger partial charge in [0, 0.05) is 51.6 Å². The smallest absolute Gasteiger partial charge is 0.410 e. The van der Waals surface area contributed by atoms with E-state index in [-0.39, 0.29) is 31.3 Å². The van der Waals surface area contributed by atoms with Crippen LogP contribution in [0.5, 0.6) is 0 Å². The maximum absolute atomic E-state index is 13.3. The Morgan fingerprint density at radius 1 is 1.20 bits per heavy atom. The third-order valence-electron chi connectivity index (χ3n) is 10.0. The summed E-state index contributed by atoms with van der Waals surface area (Å²) >= 11 is 0. The first kappa shape index (κ1) is 40.9. The van der Waals surface area contributed by atoms with Gasteiger partial charge in [0.2, 0.25) is 0 Å². The number of aliphatic hydroxyl groups excluding tert-OH is 2. The summed E-state index contributed by atoms with van der Waals surface area (Å²) in [6.07, 6.45) is 3.47. The van der Waals surface area contributed by atoms with Crippen molar-refractivity contribution in [2.24, 2.45) is 5.92 Å². The predicted molar refractivity (Wildman–Crippen MR) is 188 cm³/mol. The lowest BCUT2D eigenvalue weighted by molar-refractivity contribution is -0.151. The first-order valence-electron chi connectivity index (χ1n) is 18.0. The Hall–Kier alpha value is -2.48. The van der Waals surface area contributed by atoms with Gasteiger partial charge >= 0.3 is 12.1 Å². The van der Waals surface area contributed by atoms with Crippen molar-refractivity contribution in [3.63, 3.8) is 0 Å². The van der Waals surface area contributed by atoms with E-state index in [9.17, 15) is 30.0 Å². The number of aliphatic hydroxyl groups is 4. The molecule has 0 radical (unpaired) electrons. The van der Waals surface area contributed by atoms with Gasteiger partial charge in [-0.2, -0.15) is 0 Å². The van der Waals surface area contributed by atoms with Gasteiger partial charge in [0.05, 0.1) is 24.2 Å². The Labute approximate surface area is 293 Å². The minimum atomic E-state index is -1.48. The molecule has 3 heterocycles. The SMILES string of the molecule is CCC(O)C(C)=C1OC1CC(C)(O)CC/C=C(\C)C1OC(=O)CC(O)CCC(C)(O)C(OC(=O)N2CCN(CCN(C)C)CC2)/C=C/C1C. The molecule has 8 atom stereocenters. The highest BCUT2D eigenvalue weighted by Gasteiger charge is 2.41. The third-order valence-corrected chi connectivity index (χ3v) is 10.0. The first-order valence-corrected chi connectivity index (χ1v) is 18.0. The second-order valence-corrected chi connectivity index (χ2v) is 15.1. The van der Waals surface area contributed by atoms with Gasteiger partial charge in [-0.15, -0.1) is 0 Å².